The fraction of sp³-hybridized carbons (Fsp3) is 0.545. The molecule has 8 heteroatoms. The zero-order valence-electron chi connectivity index (χ0n) is 17.4. The summed E-state index contributed by atoms with van der Waals surface area (Å²) in [6.45, 7) is 4.91. The number of ether oxygens (including phenoxy) is 2. The van der Waals surface area contributed by atoms with Gasteiger partial charge in [0.05, 0.1) is 19.8 Å². The van der Waals surface area contributed by atoms with Gasteiger partial charge in [-0.25, -0.2) is 0 Å². The van der Waals surface area contributed by atoms with Crippen LogP contribution in [0.2, 0.25) is 0 Å². The predicted molar refractivity (Wildman–Crippen MR) is 110 cm³/mol. The summed E-state index contributed by atoms with van der Waals surface area (Å²) in [5.74, 6) is -0.359. The summed E-state index contributed by atoms with van der Waals surface area (Å²) in [6.07, 6.45) is 8.24. The van der Waals surface area contributed by atoms with E-state index in [1.807, 2.05) is 17.0 Å². The first-order valence-electron chi connectivity index (χ1n) is 10.3. The average Bonchev–Trinajstić information content (AvgIpc) is 2.78. The number of aromatic nitrogens is 1. The topological polar surface area (TPSA) is 89.0 Å². The van der Waals surface area contributed by atoms with Crippen molar-refractivity contribution in [2.75, 3.05) is 46.0 Å². The molecule has 3 heterocycles. The lowest BCUT2D eigenvalue weighted by Crippen LogP contribution is -2.48. The third-order valence-electron chi connectivity index (χ3n) is 5.73. The molecular weight excluding hydrogens is 386 g/mol. The molecule has 8 nitrogen and oxygen atoms in total. The molecule has 0 unspecified atom stereocenters. The van der Waals surface area contributed by atoms with Crippen molar-refractivity contribution in [3.05, 3.63) is 36.2 Å². The van der Waals surface area contributed by atoms with Gasteiger partial charge in [0.1, 0.15) is 0 Å². The summed E-state index contributed by atoms with van der Waals surface area (Å²) >= 11 is 0. The van der Waals surface area contributed by atoms with Crippen molar-refractivity contribution in [2.45, 2.75) is 26.2 Å². The highest BCUT2D eigenvalue weighted by atomic mass is 16.5. The number of carbonyl (C=O) groups excluding carboxylic acids is 3. The Labute approximate surface area is 176 Å². The molecule has 0 N–H and O–H groups in total. The summed E-state index contributed by atoms with van der Waals surface area (Å²) in [6, 6.07) is 3.67. The number of carbonyl (C=O) groups is 3. The Morgan fingerprint density at radius 1 is 1.10 bits per heavy atom. The van der Waals surface area contributed by atoms with Crippen LogP contribution in [0.5, 0.6) is 0 Å². The number of hydrogen-bond acceptors (Lipinski definition) is 6. The number of pyridine rings is 1. The minimum absolute atomic E-state index is 0.0582. The number of hydrogen-bond donors (Lipinski definition) is 0. The molecule has 30 heavy (non-hydrogen) atoms. The summed E-state index contributed by atoms with van der Waals surface area (Å²) in [4.78, 5) is 44.3. The van der Waals surface area contributed by atoms with Crippen LogP contribution in [-0.4, -0.2) is 78.6 Å². The Bertz CT molecular complexity index is 766. The van der Waals surface area contributed by atoms with Gasteiger partial charge >= 0.3 is 5.97 Å². The molecule has 0 bridgehead atoms. The second kappa shape index (κ2) is 10.3. The van der Waals surface area contributed by atoms with Crippen LogP contribution >= 0.6 is 0 Å². The van der Waals surface area contributed by atoms with E-state index in [0.29, 0.717) is 58.7 Å². The summed E-state index contributed by atoms with van der Waals surface area (Å²) in [7, 11) is 0. The summed E-state index contributed by atoms with van der Waals surface area (Å²) < 4.78 is 10.6. The molecule has 1 aromatic heterocycles. The Hall–Kier alpha value is -2.74. The van der Waals surface area contributed by atoms with E-state index in [1.54, 1.807) is 29.4 Å². The van der Waals surface area contributed by atoms with Gasteiger partial charge in [-0.2, -0.15) is 0 Å². The number of likely N-dealkylation sites (tertiary alicyclic amines) is 1. The molecule has 0 atom stereocenters. The molecule has 162 valence electrons. The van der Waals surface area contributed by atoms with Crippen LogP contribution in [0.3, 0.4) is 0 Å². The van der Waals surface area contributed by atoms with Crippen molar-refractivity contribution in [1.29, 1.82) is 0 Å². The van der Waals surface area contributed by atoms with Crippen molar-refractivity contribution in [1.82, 2.24) is 14.8 Å². The largest absolute Gasteiger partial charge is 0.465 e. The number of piperidine rings is 1. The van der Waals surface area contributed by atoms with E-state index in [0.717, 1.165) is 5.56 Å². The quantitative estimate of drug-likeness (QED) is 0.517. The number of amides is 2. The van der Waals surface area contributed by atoms with Crippen LogP contribution in [0.1, 0.15) is 31.7 Å². The standard InChI is InChI=1S/C22H29N3O5/c1-18(26)30-17-22(16-21(28)25-12-14-29-15-13-25)6-10-24(11-7-22)20(27)3-2-19-4-8-23-9-5-19/h2-5,8-9H,6-7,10-17H2,1H3/b3-2+. The van der Waals surface area contributed by atoms with Crippen LogP contribution in [0.25, 0.3) is 6.08 Å². The van der Waals surface area contributed by atoms with Gasteiger partial charge in [0, 0.05) is 63.4 Å². The van der Waals surface area contributed by atoms with E-state index in [9.17, 15) is 14.4 Å². The van der Waals surface area contributed by atoms with Crippen molar-refractivity contribution in [2.24, 2.45) is 5.41 Å². The molecule has 0 saturated carbocycles. The van der Waals surface area contributed by atoms with Crippen molar-refractivity contribution < 1.29 is 23.9 Å². The minimum Gasteiger partial charge on any atom is -0.465 e. The van der Waals surface area contributed by atoms with Gasteiger partial charge in [-0.1, -0.05) is 0 Å². The first-order valence-corrected chi connectivity index (χ1v) is 10.3. The molecule has 0 aliphatic carbocycles. The fourth-order valence-electron chi connectivity index (χ4n) is 3.82. The first-order chi connectivity index (χ1) is 14.5. The smallest absolute Gasteiger partial charge is 0.302 e. The third kappa shape index (κ3) is 6.13. The van der Waals surface area contributed by atoms with E-state index in [4.69, 9.17) is 9.47 Å². The van der Waals surface area contributed by atoms with Crippen molar-refractivity contribution in [3.63, 3.8) is 0 Å². The van der Waals surface area contributed by atoms with Crippen molar-refractivity contribution >= 4 is 23.9 Å². The summed E-state index contributed by atoms with van der Waals surface area (Å²) in [5.41, 5.74) is 0.475. The maximum absolute atomic E-state index is 12.8. The molecule has 0 spiro atoms. The van der Waals surface area contributed by atoms with Crippen LogP contribution < -0.4 is 0 Å². The molecule has 0 aromatic carbocycles. The fourth-order valence-corrected chi connectivity index (χ4v) is 3.82. The molecule has 2 aliphatic heterocycles. The predicted octanol–water partition coefficient (Wildman–Crippen LogP) is 1.52. The monoisotopic (exact) mass is 415 g/mol. The van der Waals surface area contributed by atoms with E-state index in [2.05, 4.69) is 4.98 Å². The van der Waals surface area contributed by atoms with Gasteiger partial charge < -0.3 is 19.3 Å². The van der Waals surface area contributed by atoms with Crippen LogP contribution in [-0.2, 0) is 23.9 Å². The van der Waals surface area contributed by atoms with Gasteiger partial charge in [0.2, 0.25) is 11.8 Å². The zero-order chi connectivity index (χ0) is 21.4. The van der Waals surface area contributed by atoms with Gasteiger partial charge in [0.25, 0.3) is 0 Å². The molecule has 2 amide bonds. The van der Waals surface area contributed by atoms with E-state index in [1.165, 1.54) is 6.92 Å². The molecule has 3 rings (SSSR count). The van der Waals surface area contributed by atoms with Crippen molar-refractivity contribution in [3.8, 4) is 0 Å². The second-order valence-corrected chi connectivity index (χ2v) is 7.89. The lowest BCUT2D eigenvalue weighted by Gasteiger charge is -2.42. The van der Waals surface area contributed by atoms with Crippen LogP contribution in [0.15, 0.2) is 30.6 Å². The van der Waals surface area contributed by atoms with Crippen LogP contribution in [0.4, 0.5) is 0 Å². The molecule has 0 radical (unpaired) electrons. The SMILES string of the molecule is CC(=O)OCC1(CC(=O)N2CCOCC2)CCN(C(=O)/C=C/c2ccncc2)CC1. The second-order valence-electron chi connectivity index (χ2n) is 7.89. The third-order valence-corrected chi connectivity index (χ3v) is 5.73. The summed E-state index contributed by atoms with van der Waals surface area (Å²) in [5, 5.41) is 0. The number of morpholine rings is 1. The molecule has 1 aromatic rings. The number of rotatable bonds is 6. The minimum atomic E-state index is -0.438. The highest BCUT2D eigenvalue weighted by Gasteiger charge is 2.39. The van der Waals surface area contributed by atoms with Gasteiger partial charge in [-0.15, -0.1) is 0 Å². The Morgan fingerprint density at radius 2 is 1.77 bits per heavy atom. The van der Waals surface area contributed by atoms with E-state index in [-0.39, 0.29) is 24.4 Å². The Balaban J connectivity index is 1.60. The molecular formula is C22H29N3O5. The molecule has 2 fully saturated rings. The van der Waals surface area contributed by atoms with Crippen LogP contribution in [0, 0.1) is 5.41 Å². The lowest BCUT2D eigenvalue weighted by atomic mass is 9.75. The highest BCUT2D eigenvalue weighted by Crippen LogP contribution is 2.36. The highest BCUT2D eigenvalue weighted by molar-refractivity contribution is 5.91. The maximum Gasteiger partial charge on any atom is 0.302 e. The van der Waals surface area contributed by atoms with Gasteiger partial charge in [0.15, 0.2) is 0 Å². The van der Waals surface area contributed by atoms with Gasteiger partial charge in [-0.05, 0) is 36.6 Å². The van der Waals surface area contributed by atoms with E-state index < -0.39 is 5.41 Å². The number of esters is 1. The lowest BCUT2D eigenvalue weighted by molar-refractivity contribution is -0.151. The Kier molecular flexibility index (Phi) is 7.57. The number of nitrogens with zero attached hydrogens (tertiary/aromatic N) is 3. The molecule has 2 saturated heterocycles. The zero-order valence-corrected chi connectivity index (χ0v) is 17.4. The average molecular weight is 415 g/mol. The molecule has 2 aliphatic rings. The van der Waals surface area contributed by atoms with Gasteiger partial charge in [-0.3, -0.25) is 19.4 Å². The maximum atomic E-state index is 12.8. The first kappa shape index (κ1) is 22.0. The Morgan fingerprint density at radius 3 is 2.40 bits per heavy atom. The normalized spacial score (nSPS) is 19.0. The van der Waals surface area contributed by atoms with E-state index >= 15 is 0 Å².